The molecule has 4 aliphatic carbocycles. The van der Waals surface area contributed by atoms with E-state index in [9.17, 15) is 47.9 Å². The number of alkyl carbamates (subject to hydrolysis) is 2. The van der Waals surface area contributed by atoms with Crippen molar-refractivity contribution in [3.8, 4) is 23.7 Å². The first-order chi connectivity index (χ1) is 38.8. The van der Waals surface area contributed by atoms with Crippen LogP contribution in [-0.4, -0.2) is 130 Å². The Morgan fingerprint density at radius 2 is 0.887 bits per heavy atom. The lowest BCUT2D eigenvalue weighted by atomic mass is 10.1. The summed E-state index contributed by atoms with van der Waals surface area (Å²) in [6.45, 7) is 4.26. The van der Waals surface area contributed by atoms with E-state index in [2.05, 4.69) is 39.6 Å². The van der Waals surface area contributed by atoms with Gasteiger partial charge in [-0.1, -0.05) is 24.3 Å². The van der Waals surface area contributed by atoms with Gasteiger partial charge >= 0.3 is 18.2 Å². The average molecular weight is 1100 g/mol. The lowest BCUT2D eigenvalue weighted by molar-refractivity contribution is -0.197. The molecule has 22 heteroatoms. The van der Waals surface area contributed by atoms with E-state index in [0.717, 1.165) is 66.7 Å². The van der Waals surface area contributed by atoms with Gasteiger partial charge in [0.1, 0.15) is 0 Å². The van der Waals surface area contributed by atoms with Gasteiger partial charge in [-0.3, -0.25) is 33.6 Å². The summed E-state index contributed by atoms with van der Waals surface area (Å²) in [4.78, 5) is 124. The number of anilines is 2. The van der Waals surface area contributed by atoms with Crippen molar-refractivity contribution >= 4 is 70.9 Å². The zero-order chi connectivity index (χ0) is 56.8. The van der Waals surface area contributed by atoms with Crippen LogP contribution in [0.4, 0.5) is 21.0 Å². The number of hydrogen-bond donors (Lipinski definition) is 4. The quantitative estimate of drug-likeness (QED) is 0.0747. The van der Waals surface area contributed by atoms with Crippen LogP contribution >= 0.6 is 0 Å². The van der Waals surface area contributed by atoms with Gasteiger partial charge in [-0.05, 0) is 96.6 Å². The minimum atomic E-state index is -0.749. The van der Waals surface area contributed by atoms with Crippen molar-refractivity contribution in [1.29, 1.82) is 0 Å². The third-order valence-electron chi connectivity index (χ3n) is 14.3. The molecule has 3 heterocycles. The second-order valence-electron chi connectivity index (χ2n) is 19.7. The molecule has 2 saturated carbocycles. The van der Waals surface area contributed by atoms with E-state index < -0.39 is 35.7 Å². The van der Waals surface area contributed by atoms with E-state index in [0.29, 0.717) is 123 Å². The Bertz CT molecular complexity index is 2710. The van der Waals surface area contributed by atoms with Gasteiger partial charge in [0.05, 0.1) is 63.9 Å². The average Bonchev–Trinajstić information content (AvgIpc) is 4.16. The summed E-state index contributed by atoms with van der Waals surface area (Å²) in [5, 5.41) is 8.63. The molecular formula is C58H67N7O15. The number of hydrogen-bond acceptors (Lipinski definition) is 16. The van der Waals surface area contributed by atoms with Crippen molar-refractivity contribution < 1.29 is 71.7 Å². The lowest BCUT2D eigenvalue weighted by Crippen LogP contribution is -2.32. The fourth-order valence-corrected chi connectivity index (χ4v) is 10.1. The molecule has 9 rings (SSSR count). The zero-order valence-electron chi connectivity index (χ0n) is 44.5. The Labute approximate surface area is 463 Å². The highest BCUT2D eigenvalue weighted by Crippen LogP contribution is 2.53. The molecule has 0 spiro atoms. The number of fused-ring (bicyclic) bond motifs is 2. The van der Waals surface area contributed by atoms with Gasteiger partial charge in [-0.25, -0.2) is 24.2 Å². The standard InChI is InChI=1S/C27H31N3O6.C16H12N2O6.C15H24N2O3/c31-24(17-19-7-9-20(10-8-19)30-25(32)11-12-26(30)33)28-13-15-35-16-14-29-27(34)36-18-23-21-5-3-1-2-4-6-22(21)23;19-12-5-6-13(20)17(12)11-3-1-10(2-4-11)9-16(23)24-18-14(21)7-8-15(18)22;16-7-9-19-10-8-17-15(18)20-11-14-12-5-3-1-2-4-6-13(12)14/h7-12,21-23H,3-6,13-18H2,(H,28,31)(H,29,34);1-6H,7-9H2;12-14H,3-11,16H2,(H,17,18)/t21-,22+,23?;;12-,13+,14?. The highest BCUT2D eigenvalue weighted by molar-refractivity contribution is 6.28. The summed E-state index contributed by atoms with van der Waals surface area (Å²) in [6.07, 6.45) is 12.5. The van der Waals surface area contributed by atoms with Crippen LogP contribution in [-0.2, 0) is 75.0 Å². The van der Waals surface area contributed by atoms with Gasteiger partial charge in [0.15, 0.2) is 0 Å². The van der Waals surface area contributed by atoms with E-state index in [4.69, 9.17) is 29.5 Å². The van der Waals surface area contributed by atoms with Crippen molar-refractivity contribution in [3.05, 3.63) is 84.0 Å². The lowest BCUT2D eigenvalue weighted by Gasteiger charge is -2.15. The molecule has 0 bridgehead atoms. The molecule has 5 N–H and O–H groups in total. The van der Waals surface area contributed by atoms with Gasteiger partial charge in [0.2, 0.25) is 5.91 Å². The monoisotopic (exact) mass is 1100 g/mol. The Kier molecular flexibility index (Phi) is 22.5. The van der Waals surface area contributed by atoms with E-state index in [-0.39, 0.29) is 49.5 Å². The Morgan fingerprint density at radius 1 is 0.512 bits per heavy atom. The number of nitrogens with one attached hydrogen (secondary N) is 3. The minimum absolute atomic E-state index is 0.0345. The molecular weight excluding hydrogens is 1030 g/mol. The normalized spacial score (nSPS) is 21.9. The van der Waals surface area contributed by atoms with Gasteiger partial charge in [-0.15, -0.1) is 28.7 Å². The summed E-state index contributed by atoms with van der Waals surface area (Å²) in [7, 11) is 0. The molecule has 9 amide bonds. The topological polar surface area (TPSA) is 289 Å². The van der Waals surface area contributed by atoms with Crippen LogP contribution in [0.5, 0.6) is 0 Å². The highest BCUT2D eigenvalue weighted by atomic mass is 16.7. The smallest absolute Gasteiger partial charge is 0.407 e. The molecule has 2 aromatic carbocycles. The Morgan fingerprint density at radius 3 is 1.29 bits per heavy atom. The first-order valence-electron chi connectivity index (χ1n) is 27.0. The van der Waals surface area contributed by atoms with E-state index in [1.54, 1.807) is 36.4 Å². The summed E-state index contributed by atoms with van der Waals surface area (Å²) in [6, 6.07) is 12.9. The molecule has 1 saturated heterocycles. The van der Waals surface area contributed by atoms with Crippen molar-refractivity contribution in [2.75, 3.05) is 75.6 Å². The fourth-order valence-electron chi connectivity index (χ4n) is 10.1. The van der Waals surface area contributed by atoms with Crippen LogP contribution < -0.4 is 31.5 Å². The van der Waals surface area contributed by atoms with Gasteiger partial charge in [-0.2, -0.15) is 0 Å². The van der Waals surface area contributed by atoms with Crippen molar-refractivity contribution in [3.63, 3.8) is 0 Å². The van der Waals surface area contributed by atoms with Crippen molar-refractivity contribution in [1.82, 2.24) is 21.0 Å². The van der Waals surface area contributed by atoms with Crippen LogP contribution in [0.2, 0.25) is 0 Å². The van der Waals surface area contributed by atoms with Crippen LogP contribution in [0.3, 0.4) is 0 Å². The SMILES string of the molecule is NCCOCCNC(=O)OCC1[C@H]2CCC#CCC[C@@H]12.O=C(Cc1ccc(N2C(=O)C=CC2=O)cc1)NCCOCCNC(=O)OCC1[C@H]2CCC#CCC[C@@H]12.O=C(Cc1ccc(N2C(=O)C=CC2=O)cc1)ON1C(=O)CCC1=O. The molecule has 2 aromatic rings. The summed E-state index contributed by atoms with van der Waals surface area (Å²) < 4.78 is 21.2. The molecule has 80 heavy (non-hydrogen) atoms. The number of amides is 9. The predicted octanol–water partition coefficient (Wildman–Crippen LogP) is 3.35. The summed E-state index contributed by atoms with van der Waals surface area (Å²) in [5.74, 6) is 12.8. The maximum Gasteiger partial charge on any atom is 0.407 e. The Balaban J connectivity index is 0.000000183. The number of carbonyl (C=O) groups excluding carboxylic acids is 10. The molecule has 22 nitrogen and oxygen atoms in total. The number of nitrogens with two attached hydrogens (primary N) is 1. The number of hydroxylamine groups is 2. The largest absolute Gasteiger partial charge is 0.449 e. The number of nitrogens with zero attached hydrogens (tertiary/aromatic N) is 3. The first-order valence-corrected chi connectivity index (χ1v) is 27.0. The number of rotatable bonds is 22. The minimum Gasteiger partial charge on any atom is -0.449 e. The second kappa shape index (κ2) is 30.3. The summed E-state index contributed by atoms with van der Waals surface area (Å²) >= 11 is 0. The van der Waals surface area contributed by atoms with E-state index >= 15 is 0 Å². The van der Waals surface area contributed by atoms with Crippen LogP contribution in [0, 0.1) is 59.2 Å². The summed E-state index contributed by atoms with van der Waals surface area (Å²) in [5.41, 5.74) is 7.46. The number of benzene rings is 2. The Hall–Kier alpha value is -8.18. The number of imide groups is 3. The maximum absolute atomic E-state index is 12.1. The second-order valence-corrected chi connectivity index (χ2v) is 19.7. The maximum atomic E-state index is 12.1. The molecule has 6 atom stereocenters. The number of carbonyl (C=O) groups is 10. The molecule has 3 fully saturated rings. The molecule has 2 unspecified atom stereocenters. The molecule has 0 radical (unpaired) electrons. The molecule has 424 valence electrons. The zero-order valence-corrected chi connectivity index (χ0v) is 44.5. The van der Waals surface area contributed by atoms with Gasteiger partial charge in [0.25, 0.3) is 35.4 Å². The molecule has 7 aliphatic rings. The number of ether oxygens (including phenoxy) is 4. The third-order valence-corrected chi connectivity index (χ3v) is 14.3. The fraction of sp³-hybridized carbons (Fsp3) is 0.483. The van der Waals surface area contributed by atoms with Crippen LogP contribution in [0.25, 0.3) is 0 Å². The van der Waals surface area contributed by atoms with E-state index in [1.807, 2.05) is 0 Å². The third kappa shape index (κ3) is 17.9. The predicted molar refractivity (Wildman–Crippen MR) is 287 cm³/mol. The van der Waals surface area contributed by atoms with Crippen molar-refractivity contribution in [2.24, 2.45) is 41.2 Å². The van der Waals surface area contributed by atoms with Crippen molar-refractivity contribution in [2.45, 2.75) is 77.0 Å². The molecule has 3 aliphatic heterocycles. The van der Waals surface area contributed by atoms with Crippen LogP contribution in [0.1, 0.15) is 75.3 Å². The van der Waals surface area contributed by atoms with Gasteiger partial charge in [0, 0.05) is 89.0 Å². The van der Waals surface area contributed by atoms with Gasteiger partial charge < -0.3 is 45.5 Å². The van der Waals surface area contributed by atoms with Crippen LogP contribution in [0.15, 0.2) is 72.8 Å². The van der Waals surface area contributed by atoms with E-state index in [1.165, 1.54) is 36.4 Å². The molecule has 0 aromatic heterocycles. The highest BCUT2D eigenvalue weighted by Gasteiger charge is 2.50. The first kappa shape index (κ1) is 59.5.